The molecule has 4 rings (SSSR count). The molecule has 2 aromatic carbocycles. The minimum atomic E-state index is 0.589. The third kappa shape index (κ3) is 4.27. The Morgan fingerprint density at radius 2 is 1.85 bits per heavy atom. The van der Waals surface area contributed by atoms with Crippen molar-refractivity contribution >= 4 is 28.1 Å². The van der Waals surface area contributed by atoms with E-state index in [1.807, 2.05) is 0 Å². The predicted octanol–water partition coefficient (Wildman–Crippen LogP) is 4.27. The molecule has 0 spiro atoms. The molecule has 0 aliphatic heterocycles. The summed E-state index contributed by atoms with van der Waals surface area (Å²) in [5, 5.41) is 7.31. The van der Waals surface area contributed by atoms with Gasteiger partial charge >= 0.3 is 0 Å². The maximum absolute atomic E-state index is 5.90. The fraction of sp³-hybridized carbons (Fsp3) is 0.522. The number of likely N-dealkylation sites (N-methyl/N-ethyl adjacent to an activating group) is 1. The standard InChI is InChI=1S/C23H31N3S/c1-25(2)12-13-26(23(27)24-22-15-17-10-11-19(22)14-17)16-20-8-5-7-18-6-3-4-9-21(18)20/h3-9,17,19,22H,10-16H2,1-2H3,(H,24,27). The van der Waals surface area contributed by atoms with Crippen LogP contribution in [0.15, 0.2) is 42.5 Å². The van der Waals surface area contributed by atoms with Gasteiger partial charge < -0.3 is 15.1 Å². The minimum Gasteiger partial charge on any atom is -0.360 e. The number of thiocarbonyl (C=S) groups is 1. The molecule has 0 aromatic heterocycles. The monoisotopic (exact) mass is 381 g/mol. The Morgan fingerprint density at radius 3 is 2.59 bits per heavy atom. The second-order valence-electron chi connectivity index (χ2n) is 8.59. The lowest BCUT2D eigenvalue weighted by molar-refractivity contribution is 0.312. The smallest absolute Gasteiger partial charge is 0.169 e. The SMILES string of the molecule is CN(C)CCN(Cc1cccc2ccccc12)C(=S)NC1CC2CCC1C2. The highest BCUT2D eigenvalue weighted by Crippen LogP contribution is 2.44. The quantitative estimate of drug-likeness (QED) is 0.753. The fourth-order valence-corrected chi connectivity index (χ4v) is 5.19. The van der Waals surface area contributed by atoms with Crippen molar-refractivity contribution in [1.82, 2.24) is 15.1 Å². The molecule has 3 nitrogen and oxygen atoms in total. The van der Waals surface area contributed by atoms with Crippen molar-refractivity contribution < 1.29 is 0 Å². The molecule has 2 saturated carbocycles. The Bertz CT molecular complexity index is 798. The van der Waals surface area contributed by atoms with Crippen molar-refractivity contribution in [2.24, 2.45) is 11.8 Å². The van der Waals surface area contributed by atoms with Crippen LogP contribution in [0.25, 0.3) is 10.8 Å². The first-order valence-electron chi connectivity index (χ1n) is 10.3. The first-order valence-corrected chi connectivity index (χ1v) is 10.7. The second kappa shape index (κ2) is 8.15. The summed E-state index contributed by atoms with van der Waals surface area (Å²) in [5.74, 6) is 1.77. The van der Waals surface area contributed by atoms with Gasteiger partial charge in [0.1, 0.15) is 0 Å². The van der Waals surface area contributed by atoms with E-state index in [2.05, 4.69) is 71.7 Å². The molecule has 0 saturated heterocycles. The molecule has 2 fully saturated rings. The van der Waals surface area contributed by atoms with E-state index in [4.69, 9.17) is 12.2 Å². The average molecular weight is 382 g/mol. The van der Waals surface area contributed by atoms with Crippen molar-refractivity contribution in [3.05, 3.63) is 48.0 Å². The van der Waals surface area contributed by atoms with E-state index in [0.717, 1.165) is 36.6 Å². The van der Waals surface area contributed by atoms with Gasteiger partial charge in [0.15, 0.2) is 5.11 Å². The average Bonchev–Trinajstić information content (AvgIpc) is 3.28. The van der Waals surface area contributed by atoms with E-state index in [1.54, 1.807) is 0 Å². The lowest BCUT2D eigenvalue weighted by Gasteiger charge is -2.32. The number of nitrogens with one attached hydrogen (secondary N) is 1. The Hall–Kier alpha value is -1.65. The number of hydrogen-bond acceptors (Lipinski definition) is 2. The molecular formula is C23H31N3S. The zero-order chi connectivity index (χ0) is 18.8. The van der Waals surface area contributed by atoms with Gasteiger partial charge in [0.2, 0.25) is 0 Å². The maximum atomic E-state index is 5.90. The Morgan fingerprint density at radius 1 is 1.04 bits per heavy atom. The van der Waals surface area contributed by atoms with Gasteiger partial charge in [-0.2, -0.15) is 0 Å². The second-order valence-corrected chi connectivity index (χ2v) is 8.98. The van der Waals surface area contributed by atoms with Gasteiger partial charge in [-0.25, -0.2) is 0 Å². The highest BCUT2D eigenvalue weighted by atomic mass is 32.1. The summed E-state index contributed by atoms with van der Waals surface area (Å²) in [7, 11) is 4.25. The molecule has 144 valence electrons. The predicted molar refractivity (Wildman–Crippen MR) is 118 cm³/mol. The molecule has 2 aliphatic rings. The maximum Gasteiger partial charge on any atom is 0.169 e. The summed E-state index contributed by atoms with van der Waals surface area (Å²) < 4.78 is 0. The van der Waals surface area contributed by atoms with E-state index >= 15 is 0 Å². The third-order valence-corrected chi connectivity index (χ3v) is 6.77. The Labute approximate surface area is 168 Å². The largest absolute Gasteiger partial charge is 0.360 e. The van der Waals surface area contributed by atoms with Gasteiger partial charge in [-0.3, -0.25) is 0 Å². The lowest BCUT2D eigenvalue weighted by Crippen LogP contribution is -2.47. The molecule has 4 heteroatoms. The van der Waals surface area contributed by atoms with E-state index < -0.39 is 0 Å². The van der Waals surface area contributed by atoms with Crippen LogP contribution in [-0.2, 0) is 6.54 Å². The van der Waals surface area contributed by atoms with E-state index in [9.17, 15) is 0 Å². The van der Waals surface area contributed by atoms with Gasteiger partial charge in [-0.15, -0.1) is 0 Å². The number of fused-ring (bicyclic) bond motifs is 3. The highest BCUT2D eigenvalue weighted by molar-refractivity contribution is 7.80. The first-order chi connectivity index (χ1) is 13.1. The van der Waals surface area contributed by atoms with Gasteiger partial charge in [-0.1, -0.05) is 48.9 Å². The minimum absolute atomic E-state index is 0.589. The molecule has 2 aliphatic carbocycles. The highest BCUT2D eigenvalue weighted by Gasteiger charge is 2.40. The first kappa shape index (κ1) is 18.7. The van der Waals surface area contributed by atoms with Crippen LogP contribution in [0.1, 0.15) is 31.2 Å². The molecule has 2 bridgehead atoms. The van der Waals surface area contributed by atoms with Crippen molar-refractivity contribution in [2.45, 2.75) is 38.3 Å². The van der Waals surface area contributed by atoms with Crippen molar-refractivity contribution in [3.8, 4) is 0 Å². The van der Waals surface area contributed by atoms with Crippen molar-refractivity contribution in [1.29, 1.82) is 0 Å². The summed E-state index contributed by atoms with van der Waals surface area (Å²) in [6.07, 6.45) is 5.52. The van der Waals surface area contributed by atoms with E-state index in [-0.39, 0.29) is 0 Å². The van der Waals surface area contributed by atoms with Crippen molar-refractivity contribution in [2.75, 3.05) is 27.2 Å². The summed E-state index contributed by atoms with van der Waals surface area (Å²) in [6, 6.07) is 15.8. The molecule has 3 atom stereocenters. The van der Waals surface area contributed by atoms with Crippen LogP contribution in [0.4, 0.5) is 0 Å². The molecule has 1 N–H and O–H groups in total. The van der Waals surface area contributed by atoms with Crippen LogP contribution >= 0.6 is 12.2 Å². The topological polar surface area (TPSA) is 18.5 Å². The summed E-state index contributed by atoms with van der Waals surface area (Å²) in [6.45, 7) is 2.81. The Balaban J connectivity index is 1.50. The van der Waals surface area contributed by atoms with Crippen LogP contribution < -0.4 is 5.32 Å². The molecule has 27 heavy (non-hydrogen) atoms. The number of nitrogens with zero attached hydrogens (tertiary/aromatic N) is 2. The van der Waals surface area contributed by atoms with Crippen LogP contribution in [-0.4, -0.2) is 48.1 Å². The number of hydrogen-bond donors (Lipinski definition) is 1. The van der Waals surface area contributed by atoms with Crippen LogP contribution in [0.3, 0.4) is 0 Å². The summed E-state index contributed by atoms with van der Waals surface area (Å²) in [5.41, 5.74) is 1.35. The molecule has 0 amide bonds. The van der Waals surface area contributed by atoms with Crippen LogP contribution in [0.2, 0.25) is 0 Å². The van der Waals surface area contributed by atoms with Crippen LogP contribution in [0, 0.1) is 11.8 Å². The normalized spacial score (nSPS) is 23.9. The number of benzene rings is 2. The molecule has 3 unspecified atom stereocenters. The van der Waals surface area contributed by atoms with Gasteiger partial charge in [0, 0.05) is 25.7 Å². The van der Waals surface area contributed by atoms with Crippen LogP contribution in [0.5, 0.6) is 0 Å². The number of rotatable bonds is 6. The van der Waals surface area contributed by atoms with Gasteiger partial charge in [0.25, 0.3) is 0 Å². The summed E-state index contributed by atoms with van der Waals surface area (Å²) in [4.78, 5) is 4.60. The zero-order valence-corrected chi connectivity index (χ0v) is 17.3. The van der Waals surface area contributed by atoms with Gasteiger partial charge in [-0.05, 0) is 73.7 Å². The Kier molecular flexibility index (Phi) is 5.65. The third-order valence-electron chi connectivity index (χ3n) is 6.39. The van der Waals surface area contributed by atoms with Crippen molar-refractivity contribution in [3.63, 3.8) is 0 Å². The molecule has 0 radical (unpaired) electrons. The molecular weight excluding hydrogens is 350 g/mol. The van der Waals surface area contributed by atoms with E-state index in [0.29, 0.717) is 6.04 Å². The lowest BCUT2D eigenvalue weighted by atomic mass is 9.95. The molecule has 0 heterocycles. The fourth-order valence-electron chi connectivity index (χ4n) is 4.88. The summed E-state index contributed by atoms with van der Waals surface area (Å²) >= 11 is 5.90. The van der Waals surface area contributed by atoms with E-state index in [1.165, 1.54) is 42.0 Å². The molecule has 2 aromatic rings. The zero-order valence-electron chi connectivity index (χ0n) is 16.5. The van der Waals surface area contributed by atoms with Gasteiger partial charge in [0.05, 0.1) is 0 Å².